The molecule has 0 aromatic carbocycles. The monoisotopic (exact) mass is 162 g/mol. The van der Waals surface area contributed by atoms with E-state index in [2.05, 4.69) is 24.6 Å². The first-order chi connectivity index (χ1) is 5.77. The predicted molar refractivity (Wildman–Crippen MR) is 53.7 cm³/mol. The van der Waals surface area contributed by atoms with Gasteiger partial charge in [-0.15, -0.1) is 0 Å². The van der Waals surface area contributed by atoms with Gasteiger partial charge in [-0.2, -0.15) is 0 Å². The van der Waals surface area contributed by atoms with Crippen LogP contribution in [-0.2, 0) is 0 Å². The fraction of sp³-hybridized carbons (Fsp3) is 0.300. The molecule has 1 aromatic heterocycles. The Bertz CT molecular complexity index is 295. The highest BCUT2D eigenvalue weighted by Gasteiger charge is 1.96. The van der Waals surface area contributed by atoms with E-state index in [4.69, 9.17) is 0 Å². The van der Waals surface area contributed by atoms with Crippen LogP contribution in [0.4, 0.5) is 0 Å². The van der Waals surface area contributed by atoms with Crippen molar-refractivity contribution in [1.82, 2.24) is 4.57 Å². The number of nitrogens with zero attached hydrogens (tertiary/aromatic N) is 2. The van der Waals surface area contributed by atoms with Crippen molar-refractivity contribution in [2.24, 2.45) is 4.99 Å². The van der Waals surface area contributed by atoms with Gasteiger partial charge in [0.25, 0.3) is 0 Å². The van der Waals surface area contributed by atoms with Gasteiger partial charge in [-0.05, 0) is 25.5 Å². The second-order valence-electron chi connectivity index (χ2n) is 2.66. The van der Waals surface area contributed by atoms with Crippen LogP contribution in [0.25, 0.3) is 6.20 Å². The van der Waals surface area contributed by atoms with Gasteiger partial charge >= 0.3 is 0 Å². The van der Waals surface area contributed by atoms with Gasteiger partial charge in [-0.25, -0.2) is 0 Å². The van der Waals surface area contributed by atoms with E-state index in [1.807, 2.05) is 23.9 Å². The standard InChI is InChI=1S/C10H14N2/c1-4-11-7-10-6-9(3)8-12(10)5-2/h5-8H,2,4H2,1,3H3. The minimum absolute atomic E-state index is 0.821. The molecule has 1 aromatic rings. The molecular weight excluding hydrogens is 148 g/mol. The molecule has 0 unspecified atom stereocenters. The van der Waals surface area contributed by atoms with Gasteiger partial charge in [0.15, 0.2) is 0 Å². The highest BCUT2D eigenvalue weighted by atomic mass is 14.9. The maximum Gasteiger partial charge on any atom is 0.0631 e. The smallest absolute Gasteiger partial charge is 0.0631 e. The van der Waals surface area contributed by atoms with E-state index in [-0.39, 0.29) is 0 Å². The van der Waals surface area contributed by atoms with Crippen molar-refractivity contribution in [2.75, 3.05) is 6.54 Å². The summed E-state index contributed by atoms with van der Waals surface area (Å²) in [6, 6.07) is 2.08. The van der Waals surface area contributed by atoms with Crippen molar-refractivity contribution in [1.29, 1.82) is 0 Å². The van der Waals surface area contributed by atoms with E-state index in [1.54, 1.807) is 6.20 Å². The highest BCUT2D eigenvalue weighted by molar-refractivity contribution is 5.79. The Hall–Kier alpha value is -1.31. The predicted octanol–water partition coefficient (Wildman–Crippen LogP) is 2.34. The van der Waals surface area contributed by atoms with E-state index in [0.29, 0.717) is 0 Å². The second-order valence-corrected chi connectivity index (χ2v) is 2.66. The lowest BCUT2D eigenvalue weighted by atomic mass is 10.3. The van der Waals surface area contributed by atoms with Crippen molar-refractivity contribution < 1.29 is 0 Å². The Labute approximate surface area is 73.2 Å². The Morgan fingerprint density at radius 3 is 3.00 bits per heavy atom. The van der Waals surface area contributed by atoms with Crippen LogP contribution in [0, 0.1) is 6.92 Å². The maximum atomic E-state index is 4.17. The van der Waals surface area contributed by atoms with Gasteiger partial charge in [-0.1, -0.05) is 6.58 Å². The second kappa shape index (κ2) is 3.90. The van der Waals surface area contributed by atoms with Crippen LogP contribution >= 0.6 is 0 Å². The molecule has 0 N–H and O–H groups in total. The molecule has 0 spiro atoms. The lowest BCUT2D eigenvalue weighted by Crippen LogP contribution is -1.90. The van der Waals surface area contributed by atoms with E-state index in [9.17, 15) is 0 Å². The Morgan fingerprint density at radius 2 is 2.42 bits per heavy atom. The van der Waals surface area contributed by atoms with Crippen LogP contribution in [-0.4, -0.2) is 17.3 Å². The summed E-state index contributed by atoms with van der Waals surface area (Å²) in [5.74, 6) is 0. The molecular formula is C10H14N2. The SMILES string of the molecule is C=Cn1cc(C)cc1C=NCC. The lowest BCUT2D eigenvalue weighted by molar-refractivity contribution is 1.11. The van der Waals surface area contributed by atoms with Gasteiger partial charge in [0.2, 0.25) is 0 Å². The minimum Gasteiger partial charge on any atom is -0.323 e. The summed E-state index contributed by atoms with van der Waals surface area (Å²) in [6.45, 7) is 8.61. The zero-order valence-corrected chi connectivity index (χ0v) is 7.62. The van der Waals surface area contributed by atoms with Crippen LogP contribution in [0.3, 0.4) is 0 Å². The van der Waals surface area contributed by atoms with Crippen LogP contribution in [0.2, 0.25) is 0 Å². The molecule has 0 aliphatic heterocycles. The summed E-state index contributed by atoms with van der Waals surface area (Å²) in [6.07, 6.45) is 5.68. The van der Waals surface area contributed by atoms with Gasteiger partial charge in [-0.3, -0.25) is 4.99 Å². The maximum absolute atomic E-state index is 4.17. The molecule has 0 aliphatic rings. The van der Waals surface area contributed by atoms with Crippen molar-refractivity contribution in [3.63, 3.8) is 0 Å². The first-order valence-corrected chi connectivity index (χ1v) is 4.08. The fourth-order valence-corrected chi connectivity index (χ4v) is 1.09. The van der Waals surface area contributed by atoms with Crippen molar-refractivity contribution in [3.8, 4) is 0 Å². The third-order valence-electron chi connectivity index (χ3n) is 1.62. The molecule has 0 saturated carbocycles. The normalized spacial score (nSPS) is 10.8. The Kier molecular flexibility index (Phi) is 2.86. The lowest BCUT2D eigenvalue weighted by Gasteiger charge is -1.94. The Balaban J connectivity index is 2.96. The van der Waals surface area contributed by atoms with Crippen molar-refractivity contribution in [2.45, 2.75) is 13.8 Å². The zero-order valence-electron chi connectivity index (χ0n) is 7.62. The van der Waals surface area contributed by atoms with Crippen LogP contribution in [0.15, 0.2) is 23.8 Å². The summed E-state index contributed by atoms with van der Waals surface area (Å²) < 4.78 is 1.97. The average molecular weight is 162 g/mol. The van der Waals surface area contributed by atoms with E-state index in [0.717, 1.165) is 12.2 Å². The topological polar surface area (TPSA) is 17.3 Å². The van der Waals surface area contributed by atoms with E-state index < -0.39 is 0 Å². The van der Waals surface area contributed by atoms with Crippen LogP contribution in [0.5, 0.6) is 0 Å². The summed E-state index contributed by atoms with van der Waals surface area (Å²) in [7, 11) is 0. The summed E-state index contributed by atoms with van der Waals surface area (Å²) in [4.78, 5) is 4.17. The fourth-order valence-electron chi connectivity index (χ4n) is 1.09. The quantitative estimate of drug-likeness (QED) is 0.607. The molecule has 0 amide bonds. The number of rotatable bonds is 3. The minimum atomic E-state index is 0.821. The van der Waals surface area contributed by atoms with Crippen LogP contribution < -0.4 is 0 Å². The first-order valence-electron chi connectivity index (χ1n) is 4.08. The number of aryl methyl sites for hydroxylation is 1. The number of hydrogen-bond acceptors (Lipinski definition) is 1. The molecule has 2 nitrogen and oxygen atoms in total. The summed E-state index contributed by atoms with van der Waals surface area (Å²) in [5, 5.41) is 0. The number of aromatic nitrogens is 1. The summed E-state index contributed by atoms with van der Waals surface area (Å²) in [5.41, 5.74) is 2.32. The molecule has 2 heteroatoms. The highest BCUT2D eigenvalue weighted by Crippen LogP contribution is 2.05. The molecule has 64 valence electrons. The van der Waals surface area contributed by atoms with E-state index in [1.165, 1.54) is 5.56 Å². The third kappa shape index (κ3) is 1.84. The van der Waals surface area contributed by atoms with Gasteiger partial charge in [0, 0.05) is 25.2 Å². The average Bonchev–Trinajstić information content (AvgIpc) is 2.42. The first kappa shape index (κ1) is 8.78. The molecule has 0 atom stereocenters. The van der Waals surface area contributed by atoms with Crippen LogP contribution in [0.1, 0.15) is 18.2 Å². The molecule has 0 aliphatic carbocycles. The number of hydrogen-bond donors (Lipinski definition) is 0. The Morgan fingerprint density at radius 1 is 1.67 bits per heavy atom. The van der Waals surface area contributed by atoms with Gasteiger partial charge < -0.3 is 4.57 Å². The van der Waals surface area contributed by atoms with Crippen molar-refractivity contribution >= 4 is 12.4 Å². The molecule has 0 radical (unpaired) electrons. The largest absolute Gasteiger partial charge is 0.323 e. The number of aliphatic imine (C=N–C) groups is 1. The van der Waals surface area contributed by atoms with Gasteiger partial charge in [0.05, 0.1) is 5.69 Å². The molecule has 1 rings (SSSR count). The molecule has 0 bridgehead atoms. The molecule has 1 heterocycles. The molecule has 0 saturated heterocycles. The third-order valence-corrected chi connectivity index (χ3v) is 1.62. The van der Waals surface area contributed by atoms with Gasteiger partial charge in [0.1, 0.15) is 0 Å². The van der Waals surface area contributed by atoms with E-state index >= 15 is 0 Å². The van der Waals surface area contributed by atoms with Crippen molar-refractivity contribution in [3.05, 3.63) is 30.1 Å². The molecule has 12 heavy (non-hydrogen) atoms. The molecule has 0 fully saturated rings. The zero-order chi connectivity index (χ0) is 8.97. The summed E-state index contributed by atoms with van der Waals surface area (Å²) >= 11 is 0.